The Bertz CT molecular complexity index is 102. The van der Waals surface area contributed by atoms with E-state index >= 15 is 0 Å². The molecule has 0 aromatic carbocycles. The van der Waals surface area contributed by atoms with Gasteiger partial charge in [-0.3, -0.25) is 4.79 Å². The Hall–Kier alpha value is -0.570. The summed E-state index contributed by atoms with van der Waals surface area (Å²) in [6.45, 7) is 3.79. The Morgan fingerprint density at radius 2 is 2.00 bits per heavy atom. The summed E-state index contributed by atoms with van der Waals surface area (Å²) in [4.78, 5) is 9.80. The first-order valence-electron chi connectivity index (χ1n) is 3.45. The lowest BCUT2D eigenvalue weighted by atomic mass is 10.1. The minimum atomic E-state index is -0.463. The van der Waals surface area contributed by atoms with Crippen LogP contribution in [-0.4, -0.2) is 23.8 Å². The third-order valence-corrected chi connectivity index (χ3v) is 1.04. The van der Waals surface area contributed by atoms with Crippen LogP contribution in [0.4, 0.5) is 0 Å². The van der Waals surface area contributed by atoms with E-state index in [4.69, 9.17) is 5.11 Å². The summed E-state index contributed by atoms with van der Waals surface area (Å²) in [7, 11) is 0. The molecule has 0 aromatic heterocycles. The van der Waals surface area contributed by atoms with Gasteiger partial charge in [0.1, 0.15) is 6.10 Å². The summed E-state index contributed by atoms with van der Waals surface area (Å²) in [6.07, 6.45) is 4.25. The molecule has 3 nitrogen and oxygen atoms in total. The van der Waals surface area contributed by atoms with Crippen LogP contribution in [0.1, 0.15) is 13.8 Å². The van der Waals surface area contributed by atoms with Gasteiger partial charge in [0.15, 0.2) is 0 Å². The van der Waals surface area contributed by atoms with E-state index in [0.29, 0.717) is 6.47 Å². The number of rotatable bonds is 6. The lowest BCUT2D eigenvalue weighted by Crippen LogP contribution is -2.10. The van der Waals surface area contributed by atoms with Gasteiger partial charge in [0, 0.05) is 6.42 Å². The molecule has 0 amide bonds. The molecule has 0 fully saturated rings. The summed E-state index contributed by atoms with van der Waals surface area (Å²) in [5, 5.41) is 8.78. The van der Waals surface area contributed by atoms with Gasteiger partial charge in [-0.15, -0.1) is 0 Å². The van der Waals surface area contributed by atoms with Gasteiger partial charge in [-0.2, -0.15) is 0 Å². The van der Waals surface area contributed by atoms with Crippen molar-refractivity contribution in [2.75, 3.05) is 0 Å². The van der Waals surface area contributed by atoms with Crippen LogP contribution in [0.3, 0.4) is 0 Å². The van der Waals surface area contributed by atoms with Crippen LogP contribution >= 0.6 is 0 Å². The Balaban J connectivity index is 3.16. The van der Waals surface area contributed by atoms with E-state index in [9.17, 15) is 4.79 Å². The van der Waals surface area contributed by atoms with Crippen molar-refractivity contribution in [3.05, 3.63) is 19.3 Å². The van der Waals surface area contributed by atoms with Gasteiger partial charge < -0.3 is 9.84 Å². The molecule has 0 aromatic rings. The average molecular weight is 157 g/mol. The molecule has 0 rings (SSSR count). The normalized spacial score (nSPS) is 15.5. The van der Waals surface area contributed by atoms with Crippen molar-refractivity contribution in [3.63, 3.8) is 0 Å². The first kappa shape index (κ1) is 10.4. The summed E-state index contributed by atoms with van der Waals surface area (Å²) < 4.78 is 4.55. The molecule has 3 heteroatoms. The van der Waals surface area contributed by atoms with Gasteiger partial charge in [0.25, 0.3) is 6.47 Å². The van der Waals surface area contributed by atoms with E-state index in [1.165, 1.54) is 0 Å². The topological polar surface area (TPSA) is 46.5 Å². The van der Waals surface area contributed by atoms with Crippen molar-refractivity contribution >= 4 is 6.47 Å². The molecule has 0 heterocycles. The fourth-order valence-corrected chi connectivity index (χ4v) is 0.514. The zero-order chi connectivity index (χ0) is 8.69. The Morgan fingerprint density at radius 1 is 1.36 bits per heavy atom. The van der Waals surface area contributed by atoms with Crippen molar-refractivity contribution in [2.45, 2.75) is 26.1 Å². The highest BCUT2D eigenvalue weighted by Gasteiger charge is 2.03. The van der Waals surface area contributed by atoms with E-state index in [1.54, 1.807) is 33.1 Å². The summed E-state index contributed by atoms with van der Waals surface area (Å²) in [5.41, 5.74) is 0. The maximum Gasteiger partial charge on any atom is 0.293 e. The maximum atomic E-state index is 9.80. The van der Waals surface area contributed by atoms with E-state index in [-0.39, 0.29) is 6.10 Å². The second kappa shape index (κ2) is 6.16. The van der Waals surface area contributed by atoms with Crippen molar-refractivity contribution < 1.29 is 14.6 Å². The molecule has 0 saturated carbocycles. The second-order valence-corrected chi connectivity index (χ2v) is 2.26. The van der Waals surface area contributed by atoms with Gasteiger partial charge >= 0.3 is 0 Å². The number of hydrogen-bond acceptors (Lipinski definition) is 3. The zero-order valence-electron chi connectivity index (χ0n) is 6.73. The SMILES string of the molecule is C[C@@H](O)[CH][CH][CH][C@H](C)OC=O. The van der Waals surface area contributed by atoms with Crippen LogP contribution in [0.5, 0.6) is 0 Å². The van der Waals surface area contributed by atoms with Gasteiger partial charge in [-0.25, -0.2) is 0 Å². The van der Waals surface area contributed by atoms with Gasteiger partial charge in [-0.1, -0.05) is 0 Å². The van der Waals surface area contributed by atoms with Crippen molar-refractivity contribution in [1.82, 2.24) is 0 Å². The fourth-order valence-electron chi connectivity index (χ4n) is 0.514. The maximum absolute atomic E-state index is 9.80. The molecular formula is C8H13O3. The van der Waals surface area contributed by atoms with E-state index < -0.39 is 6.10 Å². The number of hydrogen-bond donors (Lipinski definition) is 1. The Labute approximate surface area is 67.4 Å². The van der Waals surface area contributed by atoms with E-state index in [2.05, 4.69) is 4.74 Å². The van der Waals surface area contributed by atoms with Crippen LogP contribution in [0, 0.1) is 19.3 Å². The molecule has 0 unspecified atom stereocenters. The summed E-state index contributed by atoms with van der Waals surface area (Å²) >= 11 is 0. The molecule has 0 spiro atoms. The summed E-state index contributed by atoms with van der Waals surface area (Å²) in [5.74, 6) is 0. The zero-order valence-corrected chi connectivity index (χ0v) is 6.73. The van der Waals surface area contributed by atoms with Gasteiger partial charge in [-0.05, 0) is 26.7 Å². The van der Waals surface area contributed by atoms with Crippen molar-refractivity contribution in [3.8, 4) is 0 Å². The smallest absolute Gasteiger partial charge is 0.293 e. The first-order chi connectivity index (χ1) is 5.16. The highest BCUT2D eigenvalue weighted by Crippen LogP contribution is 2.01. The van der Waals surface area contributed by atoms with Crippen LogP contribution < -0.4 is 0 Å². The lowest BCUT2D eigenvalue weighted by molar-refractivity contribution is -0.131. The molecule has 0 aliphatic carbocycles. The fraction of sp³-hybridized carbons (Fsp3) is 0.500. The van der Waals surface area contributed by atoms with E-state index in [0.717, 1.165) is 0 Å². The van der Waals surface area contributed by atoms with Crippen LogP contribution in [0.15, 0.2) is 0 Å². The van der Waals surface area contributed by atoms with Gasteiger partial charge in [0.05, 0.1) is 6.10 Å². The number of carbonyl (C=O) groups is 1. The number of aliphatic hydroxyl groups is 1. The molecular weight excluding hydrogens is 144 g/mol. The molecule has 0 aliphatic rings. The monoisotopic (exact) mass is 157 g/mol. The molecule has 1 N–H and O–H groups in total. The lowest BCUT2D eigenvalue weighted by Gasteiger charge is -2.08. The molecule has 0 saturated heterocycles. The first-order valence-corrected chi connectivity index (χ1v) is 3.45. The number of aliphatic hydroxyl groups excluding tert-OH is 1. The number of ether oxygens (including phenoxy) is 1. The average Bonchev–Trinajstić information content (AvgIpc) is 1.87. The third kappa shape index (κ3) is 7.33. The predicted octanol–water partition coefficient (Wildman–Crippen LogP) is 0.542. The Morgan fingerprint density at radius 3 is 2.45 bits per heavy atom. The van der Waals surface area contributed by atoms with Gasteiger partial charge in [0.2, 0.25) is 0 Å². The Kier molecular flexibility index (Phi) is 5.84. The molecule has 63 valence electrons. The largest absolute Gasteiger partial charge is 0.465 e. The number of carbonyl (C=O) groups excluding carboxylic acids is 1. The summed E-state index contributed by atoms with van der Waals surface area (Å²) in [6, 6.07) is 0. The minimum Gasteiger partial charge on any atom is -0.465 e. The highest BCUT2D eigenvalue weighted by molar-refractivity contribution is 5.37. The minimum absolute atomic E-state index is 0.234. The van der Waals surface area contributed by atoms with Crippen LogP contribution in [0.25, 0.3) is 0 Å². The van der Waals surface area contributed by atoms with Crippen molar-refractivity contribution in [1.29, 1.82) is 0 Å². The second-order valence-electron chi connectivity index (χ2n) is 2.26. The molecule has 2 atom stereocenters. The highest BCUT2D eigenvalue weighted by atomic mass is 16.5. The molecule has 0 aliphatic heterocycles. The third-order valence-electron chi connectivity index (χ3n) is 1.04. The quantitative estimate of drug-likeness (QED) is 0.572. The predicted molar refractivity (Wildman–Crippen MR) is 41.2 cm³/mol. The van der Waals surface area contributed by atoms with Crippen LogP contribution in [-0.2, 0) is 9.53 Å². The van der Waals surface area contributed by atoms with E-state index in [1.807, 2.05) is 0 Å². The van der Waals surface area contributed by atoms with Crippen LogP contribution in [0.2, 0.25) is 0 Å². The standard InChI is InChI=1S/C8H13O3/c1-7(10)4-3-5-8(2)11-6-9/h3-8,10H,1-2H3/t7-,8+/m1/s1. The molecule has 0 bridgehead atoms. The molecule has 3 radical (unpaired) electrons. The molecule has 11 heavy (non-hydrogen) atoms. The van der Waals surface area contributed by atoms with Crippen molar-refractivity contribution in [2.24, 2.45) is 0 Å².